The molecular weight excluding hydrogens is 528 g/mol. The van der Waals surface area contributed by atoms with Gasteiger partial charge in [0.15, 0.2) is 0 Å². The lowest BCUT2D eigenvalue weighted by Gasteiger charge is -2.31. The first-order valence-corrected chi connectivity index (χ1v) is 11.5. The van der Waals surface area contributed by atoms with Crippen LogP contribution in [0.2, 0.25) is 0 Å². The van der Waals surface area contributed by atoms with Crippen molar-refractivity contribution in [2.45, 2.75) is 13.8 Å². The van der Waals surface area contributed by atoms with Gasteiger partial charge in [-0.15, -0.1) is 0 Å². The molecule has 0 aromatic carbocycles. The van der Waals surface area contributed by atoms with Gasteiger partial charge in [0.05, 0.1) is 13.2 Å². The van der Waals surface area contributed by atoms with Crippen molar-refractivity contribution >= 4 is 35.8 Å². The summed E-state index contributed by atoms with van der Waals surface area (Å²) in [5.74, 6) is -4.01. The second kappa shape index (κ2) is 20.3. The molecule has 0 atom stereocenters. The Labute approximate surface area is 233 Å². The minimum atomic E-state index is -1.34. The standard InChI is InChI=1S/C17H20O8.C11H16O4/c1-5-13(18)22-9-17(10-23-14(19)6-2,11-24-15(20)7-3)12-25-16(21)8-4;1-5-9(12)14-7-11(3,4)8-15-10(13)6-2/h5-8H,1-4,9-12H2;5-6H,1-2,7-8H2,3-4H3. The Kier molecular flexibility index (Phi) is 18.9. The Bertz CT molecular complexity index is 846. The van der Waals surface area contributed by atoms with Crippen molar-refractivity contribution in [2.24, 2.45) is 10.8 Å². The fraction of sp³-hybridized carbons (Fsp3) is 0.357. The summed E-state index contributed by atoms with van der Waals surface area (Å²) in [5.41, 5.74) is -1.76. The molecule has 220 valence electrons. The molecule has 0 spiro atoms. The van der Waals surface area contributed by atoms with E-state index in [1.54, 1.807) is 0 Å². The molecule has 0 aromatic rings. The number of carbonyl (C=O) groups is 6. The molecule has 0 saturated carbocycles. The van der Waals surface area contributed by atoms with E-state index < -0.39 is 46.6 Å². The summed E-state index contributed by atoms with van der Waals surface area (Å²) in [5, 5.41) is 0. The maximum absolute atomic E-state index is 11.3. The average molecular weight is 565 g/mol. The summed E-state index contributed by atoms with van der Waals surface area (Å²) in [6.45, 7) is 22.0. The van der Waals surface area contributed by atoms with E-state index in [1.165, 1.54) is 0 Å². The third kappa shape index (κ3) is 18.5. The molecule has 40 heavy (non-hydrogen) atoms. The van der Waals surface area contributed by atoms with Gasteiger partial charge in [-0.25, -0.2) is 28.8 Å². The molecule has 0 aliphatic heterocycles. The van der Waals surface area contributed by atoms with E-state index in [4.69, 9.17) is 28.4 Å². The van der Waals surface area contributed by atoms with Crippen molar-refractivity contribution in [3.8, 4) is 0 Å². The van der Waals surface area contributed by atoms with Crippen LogP contribution in [0.5, 0.6) is 0 Å². The Morgan fingerprint density at radius 2 is 0.600 bits per heavy atom. The molecule has 0 unspecified atom stereocenters. The van der Waals surface area contributed by atoms with Gasteiger partial charge in [-0.1, -0.05) is 53.3 Å². The first-order valence-electron chi connectivity index (χ1n) is 11.5. The van der Waals surface area contributed by atoms with Crippen molar-refractivity contribution in [2.75, 3.05) is 39.6 Å². The Hall–Kier alpha value is -4.74. The Balaban J connectivity index is 0. The van der Waals surface area contributed by atoms with E-state index >= 15 is 0 Å². The summed E-state index contributed by atoms with van der Waals surface area (Å²) in [4.78, 5) is 66.9. The van der Waals surface area contributed by atoms with Crippen LogP contribution < -0.4 is 0 Å². The highest BCUT2D eigenvalue weighted by Gasteiger charge is 2.37. The van der Waals surface area contributed by atoms with Crippen LogP contribution in [0.4, 0.5) is 0 Å². The largest absolute Gasteiger partial charge is 0.462 e. The van der Waals surface area contributed by atoms with Crippen molar-refractivity contribution in [1.82, 2.24) is 0 Å². The van der Waals surface area contributed by atoms with Gasteiger partial charge in [-0.2, -0.15) is 0 Å². The van der Waals surface area contributed by atoms with Crippen molar-refractivity contribution in [1.29, 1.82) is 0 Å². The number of hydrogen-bond acceptors (Lipinski definition) is 12. The number of rotatable bonds is 18. The summed E-state index contributed by atoms with van der Waals surface area (Å²) >= 11 is 0. The van der Waals surface area contributed by atoms with Gasteiger partial charge in [0.1, 0.15) is 31.8 Å². The van der Waals surface area contributed by atoms with Crippen LogP contribution in [-0.2, 0) is 57.2 Å². The first kappa shape index (κ1) is 37.4. The highest BCUT2D eigenvalue weighted by atomic mass is 16.6. The molecule has 0 fully saturated rings. The SMILES string of the molecule is C=CC(=O)OCC(C)(C)COC(=O)C=C.C=CC(=O)OCC(COC(=O)C=C)(COC(=O)C=C)COC(=O)C=C. The molecule has 0 amide bonds. The van der Waals surface area contributed by atoms with Crippen molar-refractivity contribution < 1.29 is 57.2 Å². The molecule has 0 heterocycles. The van der Waals surface area contributed by atoms with Crippen molar-refractivity contribution in [3.05, 3.63) is 75.9 Å². The Morgan fingerprint density at radius 3 is 0.775 bits per heavy atom. The average Bonchev–Trinajstić information content (AvgIpc) is 2.97. The summed E-state index contributed by atoms with van der Waals surface area (Å²) < 4.78 is 29.5. The van der Waals surface area contributed by atoms with Crippen LogP contribution in [0.1, 0.15) is 13.8 Å². The van der Waals surface area contributed by atoms with Crippen LogP contribution in [-0.4, -0.2) is 75.5 Å². The van der Waals surface area contributed by atoms with E-state index in [0.717, 1.165) is 36.5 Å². The molecule has 0 rings (SSSR count). The number of esters is 6. The van der Waals surface area contributed by atoms with Crippen LogP contribution in [0.3, 0.4) is 0 Å². The molecule has 0 saturated heterocycles. The fourth-order valence-electron chi connectivity index (χ4n) is 2.08. The van der Waals surface area contributed by atoms with Gasteiger partial charge < -0.3 is 28.4 Å². The second-order valence-corrected chi connectivity index (χ2v) is 8.54. The van der Waals surface area contributed by atoms with Crippen molar-refractivity contribution in [3.63, 3.8) is 0 Å². The normalized spacial score (nSPS) is 10.1. The zero-order valence-electron chi connectivity index (χ0n) is 22.8. The monoisotopic (exact) mass is 564 g/mol. The minimum absolute atomic E-state index is 0.169. The maximum Gasteiger partial charge on any atom is 0.330 e. The maximum atomic E-state index is 11.3. The molecule has 0 radical (unpaired) electrons. The number of ether oxygens (including phenoxy) is 6. The summed E-state index contributed by atoms with van der Waals surface area (Å²) in [6, 6.07) is 0. The first-order chi connectivity index (χ1) is 18.7. The summed E-state index contributed by atoms with van der Waals surface area (Å²) in [6.07, 6.45) is 5.87. The topological polar surface area (TPSA) is 158 Å². The molecular formula is C28H36O12. The molecule has 12 nitrogen and oxygen atoms in total. The smallest absolute Gasteiger partial charge is 0.330 e. The predicted molar refractivity (Wildman–Crippen MR) is 143 cm³/mol. The molecule has 0 aliphatic carbocycles. The molecule has 12 heteroatoms. The second-order valence-electron chi connectivity index (χ2n) is 8.54. The quantitative estimate of drug-likeness (QED) is 0.136. The molecule has 0 N–H and O–H groups in total. The van der Waals surface area contributed by atoms with Gasteiger partial charge in [-0.05, 0) is 0 Å². The van der Waals surface area contributed by atoms with E-state index in [9.17, 15) is 28.8 Å². The predicted octanol–water partition coefficient (Wildman–Crippen LogP) is 2.36. The van der Waals surface area contributed by atoms with E-state index in [2.05, 4.69) is 39.5 Å². The van der Waals surface area contributed by atoms with Gasteiger partial charge >= 0.3 is 35.8 Å². The van der Waals surface area contributed by atoms with Crippen LogP contribution in [0.25, 0.3) is 0 Å². The molecule has 0 bridgehead atoms. The minimum Gasteiger partial charge on any atom is -0.462 e. The highest BCUT2D eigenvalue weighted by molar-refractivity contribution is 5.83. The Morgan fingerprint density at radius 1 is 0.425 bits per heavy atom. The zero-order valence-corrected chi connectivity index (χ0v) is 22.8. The van der Waals surface area contributed by atoms with Gasteiger partial charge in [0.2, 0.25) is 0 Å². The lowest BCUT2D eigenvalue weighted by Crippen LogP contribution is -2.43. The van der Waals surface area contributed by atoms with Crippen LogP contribution >= 0.6 is 0 Å². The molecule has 0 aromatic heterocycles. The fourth-order valence-corrected chi connectivity index (χ4v) is 2.08. The lowest BCUT2D eigenvalue weighted by atomic mass is 9.92. The van der Waals surface area contributed by atoms with E-state index in [-0.39, 0.29) is 39.6 Å². The highest BCUT2D eigenvalue weighted by Crippen LogP contribution is 2.22. The van der Waals surface area contributed by atoms with E-state index in [0.29, 0.717) is 0 Å². The van der Waals surface area contributed by atoms with Gasteiger partial charge in [-0.3, -0.25) is 0 Å². The third-order valence-corrected chi connectivity index (χ3v) is 4.29. The van der Waals surface area contributed by atoms with Gasteiger partial charge in [0.25, 0.3) is 0 Å². The number of hydrogen-bond donors (Lipinski definition) is 0. The van der Waals surface area contributed by atoms with E-state index in [1.807, 2.05) is 13.8 Å². The third-order valence-electron chi connectivity index (χ3n) is 4.29. The summed E-state index contributed by atoms with van der Waals surface area (Å²) in [7, 11) is 0. The van der Waals surface area contributed by atoms with Crippen LogP contribution in [0, 0.1) is 10.8 Å². The van der Waals surface area contributed by atoms with Crippen LogP contribution in [0.15, 0.2) is 75.9 Å². The number of carbonyl (C=O) groups excluding carboxylic acids is 6. The lowest BCUT2D eigenvalue weighted by molar-refractivity contribution is -0.164. The zero-order chi connectivity index (χ0) is 31.2. The van der Waals surface area contributed by atoms with Gasteiger partial charge in [0, 0.05) is 41.9 Å². The molecule has 0 aliphatic rings.